The molecule has 3 amide bonds. The number of guanidine groups is 1. The van der Waals surface area contributed by atoms with Gasteiger partial charge in [-0.15, -0.1) is 0 Å². The van der Waals surface area contributed by atoms with Gasteiger partial charge in [-0.2, -0.15) is 0 Å². The van der Waals surface area contributed by atoms with Crippen LogP contribution in [0.1, 0.15) is 66.2 Å². The Bertz CT molecular complexity index is 769. The fourth-order valence-corrected chi connectivity index (χ4v) is 4.01. The summed E-state index contributed by atoms with van der Waals surface area (Å²) < 4.78 is 0. The summed E-state index contributed by atoms with van der Waals surface area (Å²) in [6, 6.07) is -3.56. The summed E-state index contributed by atoms with van der Waals surface area (Å²) >= 11 is 0. The molecule has 1 fully saturated rings. The van der Waals surface area contributed by atoms with Crippen LogP contribution in [0.5, 0.6) is 0 Å². The van der Waals surface area contributed by atoms with Crippen LogP contribution in [-0.2, 0) is 19.2 Å². The molecule has 5 atom stereocenters. The van der Waals surface area contributed by atoms with Crippen LogP contribution in [0.25, 0.3) is 0 Å². The van der Waals surface area contributed by atoms with Crippen LogP contribution in [0, 0.1) is 11.8 Å². The SMILES string of the molecule is CCC(C)C(N)C(=O)NC(CCCN=C(N)N)C(=O)NC(CC(C)C)C(=O)N1CCCC1C(=O)O. The molecule has 0 radical (unpaired) electrons. The minimum atomic E-state index is -1.06. The van der Waals surface area contributed by atoms with Crippen LogP contribution in [-0.4, -0.2) is 76.9 Å². The number of nitrogens with two attached hydrogens (primary N) is 3. The number of carbonyl (C=O) groups is 4. The lowest BCUT2D eigenvalue weighted by Crippen LogP contribution is -2.57. The molecule has 35 heavy (non-hydrogen) atoms. The van der Waals surface area contributed by atoms with Crippen molar-refractivity contribution in [2.24, 2.45) is 34.0 Å². The summed E-state index contributed by atoms with van der Waals surface area (Å²) in [5.74, 6) is -2.59. The van der Waals surface area contributed by atoms with Crippen molar-refractivity contribution in [3.63, 3.8) is 0 Å². The molecule has 9 N–H and O–H groups in total. The molecule has 0 spiro atoms. The Kier molecular flexibility index (Phi) is 12.5. The molecular weight excluding hydrogens is 454 g/mol. The van der Waals surface area contributed by atoms with Gasteiger partial charge in [0.15, 0.2) is 5.96 Å². The molecule has 5 unspecified atom stereocenters. The highest BCUT2D eigenvalue weighted by atomic mass is 16.4. The van der Waals surface area contributed by atoms with Crippen LogP contribution in [0.2, 0.25) is 0 Å². The van der Waals surface area contributed by atoms with E-state index in [0.29, 0.717) is 38.6 Å². The standard InChI is InChI=1S/C23H43N7O5/c1-5-14(4)18(24)20(32)28-15(8-6-10-27-23(25)26)19(31)29-16(12-13(2)3)21(33)30-11-7-9-17(30)22(34)35/h13-18H,5-12,24H2,1-4H3,(H,28,32)(H,29,31)(H,34,35)(H4,25,26,27). The minimum Gasteiger partial charge on any atom is -0.480 e. The lowest BCUT2D eigenvalue weighted by molar-refractivity contribution is -0.149. The van der Waals surface area contributed by atoms with E-state index in [1.807, 2.05) is 27.7 Å². The van der Waals surface area contributed by atoms with Gasteiger partial charge in [-0.25, -0.2) is 4.79 Å². The average Bonchev–Trinajstić information content (AvgIpc) is 3.28. The second-order valence-electron chi connectivity index (χ2n) is 9.64. The number of aliphatic carboxylic acids is 1. The molecule has 1 heterocycles. The van der Waals surface area contributed by atoms with Crippen molar-refractivity contribution in [3.8, 4) is 0 Å². The van der Waals surface area contributed by atoms with Gasteiger partial charge in [-0.3, -0.25) is 19.4 Å². The first-order valence-corrected chi connectivity index (χ1v) is 12.3. The van der Waals surface area contributed by atoms with Gasteiger partial charge < -0.3 is 37.8 Å². The zero-order valence-electron chi connectivity index (χ0n) is 21.3. The van der Waals surface area contributed by atoms with Crippen molar-refractivity contribution in [2.45, 2.75) is 90.4 Å². The number of rotatable bonds is 14. The normalized spacial score (nSPS) is 18.9. The molecule has 12 nitrogen and oxygen atoms in total. The maximum atomic E-state index is 13.3. The molecule has 1 aliphatic heterocycles. The molecular formula is C23H43N7O5. The smallest absolute Gasteiger partial charge is 0.326 e. The first kappa shape index (κ1) is 30.1. The van der Waals surface area contributed by atoms with Gasteiger partial charge >= 0.3 is 5.97 Å². The van der Waals surface area contributed by atoms with Gasteiger partial charge in [0.05, 0.1) is 6.04 Å². The highest BCUT2D eigenvalue weighted by Gasteiger charge is 2.38. The van der Waals surface area contributed by atoms with Crippen LogP contribution < -0.4 is 27.8 Å². The highest BCUT2D eigenvalue weighted by Crippen LogP contribution is 2.20. The molecule has 0 aromatic heterocycles. The minimum absolute atomic E-state index is 0.0591. The van der Waals surface area contributed by atoms with Crippen molar-refractivity contribution >= 4 is 29.7 Å². The number of carboxylic acid groups (broad SMARTS) is 1. The molecule has 1 saturated heterocycles. The van der Waals surface area contributed by atoms with Crippen molar-refractivity contribution in [3.05, 3.63) is 0 Å². The summed E-state index contributed by atoms with van der Waals surface area (Å²) in [7, 11) is 0. The zero-order chi connectivity index (χ0) is 26.7. The van der Waals surface area contributed by atoms with Gasteiger partial charge in [0.1, 0.15) is 18.1 Å². The van der Waals surface area contributed by atoms with E-state index in [9.17, 15) is 24.3 Å². The number of carboxylic acids is 1. The van der Waals surface area contributed by atoms with Gasteiger partial charge in [0, 0.05) is 13.1 Å². The number of hydrogen-bond acceptors (Lipinski definition) is 6. The third kappa shape index (κ3) is 9.71. The van der Waals surface area contributed by atoms with Crippen LogP contribution in [0.4, 0.5) is 0 Å². The number of nitrogens with zero attached hydrogens (tertiary/aromatic N) is 2. The Hall–Kier alpha value is -2.89. The summed E-state index contributed by atoms with van der Waals surface area (Å²) in [6.07, 6.45) is 2.62. The summed E-state index contributed by atoms with van der Waals surface area (Å²) in [6.45, 7) is 8.17. The molecule has 1 aliphatic rings. The summed E-state index contributed by atoms with van der Waals surface area (Å²) in [5, 5.41) is 14.9. The quantitative estimate of drug-likeness (QED) is 0.104. The second kappa shape index (κ2) is 14.5. The molecule has 0 aromatic carbocycles. The molecule has 200 valence electrons. The van der Waals surface area contributed by atoms with Gasteiger partial charge in [0.25, 0.3) is 0 Å². The number of amides is 3. The molecule has 0 saturated carbocycles. The summed E-state index contributed by atoms with van der Waals surface area (Å²) in [4.78, 5) is 56.0. The fourth-order valence-electron chi connectivity index (χ4n) is 4.01. The predicted octanol–water partition coefficient (Wildman–Crippen LogP) is -0.495. The van der Waals surface area contributed by atoms with E-state index in [-0.39, 0.29) is 30.8 Å². The maximum absolute atomic E-state index is 13.3. The topological polar surface area (TPSA) is 206 Å². The predicted molar refractivity (Wildman–Crippen MR) is 133 cm³/mol. The lowest BCUT2D eigenvalue weighted by atomic mass is 9.98. The van der Waals surface area contributed by atoms with E-state index < -0.39 is 47.9 Å². The lowest BCUT2D eigenvalue weighted by Gasteiger charge is -2.30. The van der Waals surface area contributed by atoms with Crippen molar-refractivity contribution in [1.29, 1.82) is 0 Å². The van der Waals surface area contributed by atoms with Gasteiger partial charge in [-0.05, 0) is 43.9 Å². The largest absolute Gasteiger partial charge is 0.480 e. The van der Waals surface area contributed by atoms with E-state index in [4.69, 9.17) is 17.2 Å². The van der Waals surface area contributed by atoms with E-state index in [0.717, 1.165) is 0 Å². The second-order valence-corrected chi connectivity index (χ2v) is 9.64. The Balaban J connectivity index is 3.04. The summed E-state index contributed by atoms with van der Waals surface area (Å²) in [5.41, 5.74) is 16.7. The van der Waals surface area contributed by atoms with Gasteiger partial charge in [0.2, 0.25) is 17.7 Å². The first-order chi connectivity index (χ1) is 16.4. The Morgan fingerprint density at radius 3 is 2.26 bits per heavy atom. The average molecular weight is 498 g/mol. The Labute approximate surface area is 207 Å². The van der Waals surface area contributed by atoms with Crippen molar-refractivity contribution in [1.82, 2.24) is 15.5 Å². The Morgan fingerprint density at radius 2 is 1.71 bits per heavy atom. The number of carbonyl (C=O) groups excluding carboxylic acids is 3. The molecule has 1 rings (SSSR count). The number of aliphatic imine (C=N–C) groups is 1. The fraction of sp³-hybridized carbons (Fsp3) is 0.783. The third-order valence-corrected chi connectivity index (χ3v) is 6.28. The highest BCUT2D eigenvalue weighted by molar-refractivity contribution is 5.94. The molecule has 0 aliphatic carbocycles. The van der Waals surface area contributed by atoms with Crippen LogP contribution >= 0.6 is 0 Å². The monoisotopic (exact) mass is 497 g/mol. The van der Waals surface area contributed by atoms with E-state index in [1.54, 1.807) is 0 Å². The Morgan fingerprint density at radius 1 is 1.09 bits per heavy atom. The molecule has 0 bridgehead atoms. The first-order valence-electron chi connectivity index (χ1n) is 12.3. The zero-order valence-corrected chi connectivity index (χ0v) is 21.3. The van der Waals surface area contributed by atoms with Crippen molar-refractivity contribution in [2.75, 3.05) is 13.1 Å². The maximum Gasteiger partial charge on any atom is 0.326 e. The molecule has 0 aromatic rings. The van der Waals surface area contributed by atoms with E-state index >= 15 is 0 Å². The molecule has 12 heteroatoms. The van der Waals surface area contributed by atoms with E-state index in [2.05, 4.69) is 15.6 Å². The number of nitrogens with one attached hydrogen (secondary N) is 2. The van der Waals surface area contributed by atoms with Crippen LogP contribution in [0.15, 0.2) is 4.99 Å². The number of hydrogen-bond donors (Lipinski definition) is 6. The van der Waals surface area contributed by atoms with Crippen molar-refractivity contribution < 1.29 is 24.3 Å². The third-order valence-electron chi connectivity index (χ3n) is 6.28. The van der Waals surface area contributed by atoms with Crippen LogP contribution in [0.3, 0.4) is 0 Å². The van der Waals surface area contributed by atoms with Gasteiger partial charge in [-0.1, -0.05) is 34.1 Å². The van der Waals surface area contributed by atoms with E-state index in [1.165, 1.54) is 4.90 Å². The number of likely N-dealkylation sites (tertiary alicyclic amines) is 1.